The number of ether oxygens (including phenoxy) is 1. The molecule has 0 saturated heterocycles. The first-order chi connectivity index (χ1) is 6.76. The monoisotopic (exact) mass is 191 g/mol. The molecule has 14 heavy (non-hydrogen) atoms. The van der Waals surface area contributed by atoms with Crippen molar-refractivity contribution in [1.82, 2.24) is 9.97 Å². The molecule has 4 nitrogen and oxygen atoms in total. The van der Waals surface area contributed by atoms with Gasteiger partial charge in [0.1, 0.15) is 0 Å². The van der Waals surface area contributed by atoms with Crippen LogP contribution < -0.4 is 10.1 Å². The van der Waals surface area contributed by atoms with Gasteiger partial charge in [0.2, 0.25) is 11.8 Å². The molecule has 1 N–H and O–H groups in total. The predicted molar refractivity (Wildman–Crippen MR) is 55.1 cm³/mol. The van der Waals surface area contributed by atoms with E-state index in [1.165, 1.54) is 0 Å². The van der Waals surface area contributed by atoms with E-state index in [0.29, 0.717) is 18.2 Å². The molecular formula is C10H13N3O. The van der Waals surface area contributed by atoms with E-state index < -0.39 is 0 Å². The normalized spacial score (nSPS) is 11.5. The third kappa shape index (κ3) is 2.94. The van der Waals surface area contributed by atoms with Crippen LogP contribution in [0.4, 0.5) is 5.95 Å². The van der Waals surface area contributed by atoms with Crippen molar-refractivity contribution in [3.63, 3.8) is 0 Å². The minimum Gasteiger partial charge on any atom is -0.481 e. The summed E-state index contributed by atoms with van der Waals surface area (Å²) < 4.78 is 4.96. The fourth-order valence-electron chi connectivity index (χ4n) is 0.974. The van der Waals surface area contributed by atoms with Crippen LogP contribution in [0.25, 0.3) is 0 Å². The van der Waals surface area contributed by atoms with Crippen LogP contribution in [0.15, 0.2) is 12.3 Å². The van der Waals surface area contributed by atoms with Crippen molar-refractivity contribution in [2.75, 3.05) is 12.4 Å². The predicted octanol–water partition coefficient (Wildman–Crippen LogP) is 1.31. The number of anilines is 1. The van der Waals surface area contributed by atoms with Gasteiger partial charge in [0.05, 0.1) is 7.11 Å². The van der Waals surface area contributed by atoms with Gasteiger partial charge in [0.25, 0.3) is 0 Å². The van der Waals surface area contributed by atoms with E-state index in [9.17, 15) is 0 Å². The van der Waals surface area contributed by atoms with Crippen LogP contribution in [-0.4, -0.2) is 23.1 Å². The summed E-state index contributed by atoms with van der Waals surface area (Å²) >= 11 is 0. The van der Waals surface area contributed by atoms with Gasteiger partial charge in [-0.25, -0.2) is 4.98 Å². The van der Waals surface area contributed by atoms with Crippen LogP contribution in [0.1, 0.15) is 13.3 Å². The fourth-order valence-corrected chi connectivity index (χ4v) is 0.974. The molecule has 0 aromatic carbocycles. The summed E-state index contributed by atoms with van der Waals surface area (Å²) in [4.78, 5) is 8.14. The van der Waals surface area contributed by atoms with Gasteiger partial charge in [-0.3, -0.25) is 0 Å². The molecule has 0 amide bonds. The number of nitrogens with one attached hydrogen (secondary N) is 1. The number of nitrogens with zero attached hydrogens (tertiary/aromatic N) is 2. The van der Waals surface area contributed by atoms with Gasteiger partial charge in [-0.2, -0.15) is 4.98 Å². The van der Waals surface area contributed by atoms with Crippen LogP contribution in [0.2, 0.25) is 0 Å². The Morgan fingerprint density at radius 2 is 2.50 bits per heavy atom. The first-order valence-electron chi connectivity index (χ1n) is 4.33. The van der Waals surface area contributed by atoms with Crippen LogP contribution in [0.5, 0.6) is 5.88 Å². The summed E-state index contributed by atoms with van der Waals surface area (Å²) in [6, 6.07) is 1.85. The Morgan fingerprint density at radius 1 is 1.71 bits per heavy atom. The van der Waals surface area contributed by atoms with E-state index in [-0.39, 0.29) is 6.04 Å². The van der Waals surface area contributed by atoms with E-state index in [1.807, 2.05) is 6.92 Å². The minimum absolute atomic E-state index is 0.159. The molecule has 1 heterocycles. The van der Waals surface area contributed by atoms with Gasteiger partial charge >= 0.3 is 0 Å². The smallest absolute Gasteiger partial charge is 0.226 e. The molecule has 1 unspecified atom stereocenters. The van der Waals surface area contributed by atoms with E-state index in [4.69, 9.17) is 11.2 Å². The summed E-state index contributed by atoms with van der Waals surface area (Å²) in [5, 5.41) is 3.07. The number of rotatable bonds is 4. The lowest BCUT2D eigenvalue weighted by atomic mass is 10.2. The minimum atomic E-state index is 0.159. The molecule has 74 valence electrons. The molecule has 0 radical (unpaired) electrons. The largest absolute Gasteiger partial charge is 0.481 e. The van der Waals surface area contributed by atoms with Crippen molar-refractivity contribution in [2.24, 2.45) is 0 Å². The second-order valence-corrected chi connectivity index (χ2v) is 2.88. The van der Waals surface area contributed by atoms with Crippen molar-refractivity contribution < 1.29 is 4.74 Å². The SMILES string of the molecule is C#CCC(C)Nc1nccc(OC)n1. The molecule has 1 rings (SSSR count). The quantitative estimate of drug-likeness (QED) is 0.729. The van der Waals surface area contributed by atoms with Gasteiger partial charge in [-0.15, -0.1) is 12.3 Å². The summed E-state index contributed by atoms with van der Waals surface area (Å²) in [5.74, 6) is 3.64. The summed E-state index contributed by atoms with van der Waals surface area (Å²) in [6.07, 6.45) is 7.46. The molecule has 0 aliphatic carbocycles. The molecule has 0 aliphatic heterocycles. The zero-order valence-electron chi connectivity index (χ0n) is 8.32. The Hall–Kier alpha value is -1.76. The average Bonchev–Trinajstić information content (AvgIpc) is 2.18. The van der Waals surface area contributed by atoms with Crippen molar-refractivity contribution in [2.45, 2.75) is 19.4 Å². The number of methoxy groups -OCH3 is 1. The van der Waals surface area contributed by atoms with Crippen molar-refractivity contribution in [1.29, 1.82) is 0 Å². The third-order valence-corrected chi connectivity index (χ3v) is 1.64. The van der Waals surface area contributed by atoms with E-state index in [1.54, 1.807) is 19.4 Å². The molecular weight excluding hydrogens is 178 g/mol. The highest BCUT2D eigenvalue weighted by Crippen LogP contribution is 2.08. The number of hydrogen-bond acceptors (Lipinski definition) is 4. The van der Waals surface area contributed by atoms with E-state index >= 15 is 0 Å². The average molecular weight is 191 g/mol. The van der Waals surface area contributed by atoms with Gasteiger partial charge in [-0.1, -0.05) is 0 Å². The molecule has 0 saturated carbocycles. The third-order valence-electron chi connectivity index (χ3n) is 1.64. The van der Waals surface area contributed by atoms with E-state index in [0.717, 1.165) is 0 Å². The molecule has 1 atom stereocenters. The Kier molecular flexibility index (Phi) is 3.74. The highest BCUT2D eigenvalue weighted by molar-refractivity contribution is 5.28. The highest BCUT2D eigenvalue weighted by Gasteiger charge is 2.02. The summed E-state index contributed by atoms with van der Waals surface area (Å²) in [7, 11) is 1.57. The molecule has 4 heteroatoms. The maximum absolute atomic E-state index is 5.18. The molecule has 1 aromatic heterocycles. The van der Waals surface area contributed by atoms with Crippen LogP contribution in [0.3, 0.4) is 0 Å². The van der Waals surface area contributed by atoms with Crippen molar-refractivity contribution in [3.05, 3.63) is 12.3 Å². The van der Waals surface area contributed by atoms with E-state index in [2.05, 4.69) is 21.2 Å². The molecule has 0 aliphatic rings. The van der Waals surface area contributed by atoms with Gasteiger partial charge in [0, 0.05) is 24.7 Å². The number of terminal acetylenes is 1. The fraction of sp³-hybridized carbons (Fsp3) is 0.400. The molecule has 0 spiro atoms. The Balaban J connectivity index is 2.63. The molecule has 1 aromatic rings. The number of aromatic nitrogens is 2. The maximum Gasteiger partial charge on any atom is 0.226 e. The summed E-state index contributed by atoms with van der Waals surface area (Å²) in [6.45, 7) is 1.97. The Bertz CT molecular complexity index is 332. The highest BCUT2D eigenvalue weighted by atomic mass is 16.5. The van der Waals surface area contributed by atoms with Gasteiger partial charge in [0.15, 0.2) is 0 Å². The Morgan fingerprint density at radius 3 is 3.14 bits per heavy atom. The second kappa shape index (κ2) is 5.07. The second-order valence-electron chi connectivity index (χ2n) is 2.88. The topological polar surface area (TPSA) is 47.0 Å². The molecule has 0 bridgehead atoms. The maximum atomic E-state index is 5.18. The zero-order valence-corrected chi connectivity index (χ0v) is 8.32. The van der Waals surface area contributed by atoms with Gasteiger partial charge < -0.3 is 10.1 Å². The lowest BCUT2D eigenvalue weighted by Crippen LogP contribution is -2.16. The summed E-state index contributed by atoms with van der Waals surface area (Å²) in [5.41, 5.74) is 0. The number of hydrogen-bond donors (Lipinski definition) is 1. The first-order valence-corrected chi connectivity index (χ1v) is 4.33. The van der Waals surface area contributed by atoms with Crippen molar-refractivity contribution >= 4 is 5.95 Å². The van der Waals surface area contributed by atoms with Crippen LogP contribution >= 0.6 is 0 Å². The first kappa shape index (κ1) is 10.3. The lowest BCUT2D eigenvalue weighted by molar-refractivity contribution is 0.397. The van der Waals surface area contributed by atoms with Gasteiger partial charge in [-0.05, 0) is 6.92 Å². The van der Waals surface area contributed by atoms with Crippen molar-refractivity contribution in [3.8, 4) is 18.2 Å². The Labute approximate surface area is 83.7 Å². The van der Waals surface area contributed by atoms with Crippen LogP contribution in [0, 0.1) is 12.3 Å². The van der Waals surface area contributed by atoms with Crippen LogP contribution in [-0.2, 0) is 0 Å². The standard InChI is InChI=1S/C10H13N3O/c1-4-5-8(2)12-10-11-7-6-9(13-10)14-3/h1,6-8H,5H2,2-3H3,(H,11,12,13). The molecule has 0 fully saturated rings. The lowest BCUT2D eigenvalue weighted by Gasteiger charge is -2.10. The zero-order chi connectivity index (χ0) is 10.4.